The molecule has 0 spiro atoms. The van der Waals surface area contributed by atoms with Gasteiger partial charge in [0.1, 0.15) is 18.3 Å². The van der Waals surface area contributed by atoms with Crippen molar-refractivity contribution in [1.82, 2.24) is 5.32 Å². The van der Waals surface area contributed by atoms with Gasteiger partial charge < -0.3 is 23.9 Å². The molecule has 1 atom stereocenters. The van der Waals surface area contributed by atoms with E-state index in [1.807, 2.05) is 36.4 Å². The van der Waals surface area contributed by atoms with Crippen molar-refractivity contribution in [2.24, 2.45) is 0 Å². The predicted octanol–water partition coefficient (Wildman–Crippen LogP) is 2.55. The second-order valence-corrected chi connectivity index (χ2v) is 6.03. The van der Waals surface area contributed by atoms with Gasteiger partial charge in [0.25, 0.3) is 5.91 Å². The largest absolute Gasteiger partial charge is 0.486 e. The lowest BCUT2D eigenvalue weighted by atomic mass is 10.2. The number of carbonyl (C=O) groups is 2. The summed E-state index contributed by atoms with van der Waals surface area (Å²) in [4.78, 5) is 23.9. The molecule has 0 saturated heterocycles. The van der Waals surface area contributed by atoms with Gasteiger partial charge >= 0.3 is 5.97 Å². The minimum absolute atomic E-state index is 0.0598. The van der Waals surface area contributed by atoms with Crippen molar-refractivity contribution < 1.29 is 28.2 Å². The van der Waals surface area contributed by atoms with E-state index in [0.717, 1.165) is 5.39 Å². The smallest absolute Gasteiger partial charge is 0.374 e. The molecule has 0 bridgehead atoms. The Morgan fingerprint density at radius 3 is 2.70 bits per heavy atom. The fourth-order valence-corrected chi connectivity index (χ4v) is 2.73. The van der Waals surface area contributed by atoms with Gasteiger partial charge in [-0.15, -0.1) is 0 Å². The molecule has 0 saturated carbocycles. The number of ether oxygens (including phenoxy) is 3. The predicted molar refractivity (Wildman–Crippen MR) is 95.9 cm³/mol. The lowest BCUT2D eigenvalue weighted by Crippen LogP contribution is -2.42. The minimum atomic E-state index is -0.687. The Labute approximate surface area is 154 Å². The van der Waals surface area contributed by atoms with E-state index in [2.05, 4.69) is 5.32 Å². The Balaban J connectivity index is 1.24. The van der Waals surface area contributed by atoms with Crippen LogP contribution in [0, 0.1) is 0 Å². The van der Waals surface area contributed by atoms with Gasteiger partial charge in [-0.05, 0) is 24.3 Å². The molecule has 2 aromatic carbocycles. The van der Waals surface area contributed by atoms with Crippen molar-refractivity contribution in [3.05, 3.63) is 60.4 Å². The van der Waals surface area contributed by atoms with E-state index in [1.54, 1.807) is 18.2 Å². The van der Waals surface area contributed by atoms with Gasteiger partial charge in [-0.3, -0.25) is 4.79 Å². The number of amides is 1. The average Bonchev–Trinajstić information content (AvgIpc) is 3.14. The summed E-state index contributed by atoms with van der Waals surface area (Å²) in [5.74, 6) is 0.262. The van der Waals surface area contributed by atoms with Crippen LogP contribution >= 0.6 is 0 Å². The van der Waals surface area contributed by atoms with E-state index in [9.17, 15) is 9.59 Å². The summed E-state index contributed by atoms with van der Waals surface area (Å²) in [6.45, 7) is 0.172. The van der Waals surface area contributed by atoms with Gasteiger partial charge in [0.05, 0.1) is 6.54 Å². The highest BCUT2D eigenvalue weighted by molar-refractivity contribution is 5.93. The highest BCUT2D eigenvalue weighted by Gasteiger charge is 2.21. The number of benzene rings is 2. The number of para-hydroxylation sites is 3. The topological polar surface area (TPSA) is 87.0 Å². The number of rotatable bonds is 5. The molecule has 0 fully saturated rings. The first-order valence-corrected chi connectivity index (χ1v) is 8.50. The average molecular weight is 367 g/mol. The molecule has 1 N–H and O–H groups in total. The van der Waals surface area contributed by atoms with Crippen molar-refractivity contribution in [2.75, 3.05) is 19.8 Å². The molecule has 138 valence electrons. The van der Waals surface area contributed by atoms with Crippen molar-refractivity contribution >= 4 is 22.8 Å². The molecule has 7 nitrogen and oxygen atoms in total. The Morgan fingerprint density at radius 2 is 1.85 bits per heavy atom. The maximum atomic E-state index is 12.0. The summed E-state index contributed by atoms with van der Waals surface area (Å²) < 4.78 is 21.7. The van der Waals surface area contributed by atoms with Gasteiger partial charge in [-0.1, -0.05) is 30.3 Å². The molecule has 4 rings (SSSR count). The number of nitrogens with one attached hydrogen (secondary N) is 1. The Hall–Kier alpha value is -3.48. The first-order chi connectivity index (χ1) is 13.2. The van der Waals surface area contributed by atoms with Crippen LogP contribution in [-0.2, 0) is 9.53 Å². The molecule has 0 aliphatic carbocycles. The van der Waals surface area contributed by atoms with Crippen LogP contribution in [0.1, 0.15) is 10.6 Å². The standard InChI is InChI=1S/C20H17NO6/c22-19(21-10-14-11-24-16-7-3-4-8-17(16)26-14)12-25-20(23)18-9-13-5-1-2-6-15(13)27-18/h1-9,14H,10-12H2,(H,21,22)/t14-/m1/s1. The molecule has 2 heterocycles. The molecule has 0 unspecified atom stereocenters. The van der Waals surface area contributed by atoms with E-state index in [1.165, 1.54) is 0 Å². The van der Waals surface area contributed by atoms with E-state index in [-0.39, 0.29) is 18.4 Å². The van der Waals surface area contributed by atoms with Crippen LogP contribution in [0.5, 0.6) is 11.5 Å². The summed E-state index contributed by atoms with van der Waals surface area (Å²) in [6.07, 6.45) is -0.310. The molecule has 1 aliphatic heterocycles. The zero-order valence-electron chi connectivity index (χ0n) is 14.3. The molecule has 3 aromatic rings. The first-order valence-electron chi connectivity index (χ1n) is 8.50. The highest BCUT2D eigenvalue weighted by Crippen LogP contribution is 2.30. The van der Waals surface area contributed by atoms with Crippen LogP contribution in [0.2, 0.25) is 0 Å². The maximum absolute atomic E-state index is 12.0. The molecule has 0 radical (unpaired) electrons. The number of esters is 1. The first kappa shape index (κ1) is 17.0. The third-order valence-electron chi connectivity index (χ3n) is 4.06. The second-order valence-electron chi connectivity index (χ2n) is 6.03. The second kappa shape index (κ2) is 7.41. The summed E-state index contributed by atoms with van der Waals surface area (Å²) in [5, 5.41) is 3.46. The fourth-order valence-electron chi connectivity index (χ4n) is 2.73. The highest BCUT2D eigenvalue weighted by atomic mass is 16.6. The number of fused-ring (bicyclic) bond motifs is 2. The van der Waals surface area contributed by atoms with Crippen molar-refractivity contribution in [1.29, 1.82) is 0 Å². The fraction of sp³-hybridized carbons (Fsp3) is 0.200. The van der Waals surface area contributed by atoms with E-state index in [4.69, 9.17) is 18.6 Å². The van der Waals surface area contributed by atoms with Crippen LogP contribution < -0.4 is 14.8 Å². The number of furan rings is 1. The molecular weight excluding hydrogens is 350 g/mol. The van der Waals surface area contributed by atoms with E-state index < -0.39 is 18.5 Å². The zero-order chi connectivity index (χ0) is 18.6. The number of carbonyl (C=O) groups excluding carboxylic acids is 2. The van der Waals surface area contributed by atoms with Gasteiger partial charge in [0.2, 0.25) is 5.76 Å². The number of hydrogen-bond donors (Lipinski definition) is 1. The minimum Gasteiger partial charge on any atom is -0.486 e. The van der Waals surface area contributed by atoms with Crippen LogP contribution in [0.3, 0.4) is 0 Å². The van der Waals surface area contributed by atoms with Crippen LogP contribution in [0.15, 0.2) is 59.0 Å². The zero-order valence-corrected chi connectivity index (χ0v) is 14.3. The SMILES string of the molecule is O=C(COC(=O)c1cc2ccccc2o1)NC[C@@H]1COc2ccccc2O1. The molecule has 27 heavy (non-hydrogen) atoms. The lowest BCUT2D eigenvalue weighted by molar-refractivity contribution is -0.124. The quantitative estimate of drug-likeness (QED) is 0.698. The van der Waals surface area contributed by atoms with Gasteiger partial charge in [-0.25, -0.2) is 4.79 Å². The van der Waals surface area contributed by atoms with Crippen LogP contribution in [0.4, 0.5) is 0 Å². The normalized spacial score (nSPS) is 15.3. The lowest BCUT2D eigenvalue weighted by Gasteiger charge is -2.26. The van der Waals surface area contributed by atoms with E-state index in [0.29, 0.717) is 23.7 Å². The van der Waals surface area contributed by atoms with Gasteiger partial charge in [0, 0.05) is 5.39 Å². The van der Waals surface area contributed by atoms with Gasteiger partial charge in [0.15, 0.2) is 18.1 Å². The van der Waals surface area contributed by atoms with Crippen molar-refractivity contribution in [2.45, 2.75) is 6.10 Å². The van der Waals surface area contributed by atoms with Gasteiger partial charge in [-0.2, -0.15) is 0 Å². The molecule has 1 aliphatic rings. The molecule has 1 amide bonds. The summed E-state index contributed by atoms with van der Waals surface area (Å²) in [7, 11) is 0. The Morgan fingerprint density at radius 1 is 1.07 bits per heavy atom. The summed E-state index contributed by atoms with van der Waals surface area (Å²) in [6, 6.07) is 16.2. The molecule has 7 heteroatoms. The Kier molecular flexibility index (Phi) is 4.65. The van der Waals surface area contributed by atoms with Crippen LogP contribution in [-0.4, -0.2) is 37.7 Å². The Bertz CT molecular complexity index is 946. The third-order valence-corrected chi connectivity index (χ3v) is 4.06. The monoisotopic (exact) mass is 367 g/mol. The summed E-state index contributed by atoms with van der Waals surface area (Å²) in [5.41, 5.74) is 0.587. The van der Waals surface area contributed by atoms with Crippen molar-refractivity contribution in [3.8, 4) is 11.5 Å². The molecular formula is C20H17NO6. The third kappa shape index (κ3) is 3.87. The van der Waals surface area contributed by atoms with E-state index >= 15 is 0 Å². The summed E-state index contributed by atoms with van der Waals surface area (Å²) >= 11 is 0. The molecule has 1 aromatic heterocycles. The number of hydrogen-bond acceptors (Lipinski definition) is 6. The van der Waals surface area contributed by atoms with Crippen LogP contribution in [0.25, 0.3) is 11.0 Å². The van der Waals surface area contributed by atoms with Crippen molar-refractivity contribution in [3.63, 3.8) is 0 Å². The maximum Gasteiger partial charge on any atom is 0.374 e.